The summed E-state index contributed by atoms with van der Waals surface area (Å²) in [5.41, 5.74) is 1.31. The van der Waals surface area contributed by atoms with Crippen LogP contribution in [0, 0.1) is 0 Å². The molecule has 0 saturated carbocycles. The van der Waals surface area contributed by atoms with Crippen molar-refractivity contribution in [1.82, 2.24) is 0 Å². The van der Waals surface area contributed by atoms with Gasteiger partial charge in [-0.25, -0.2) is 0 Å². The topological polar surface area (TPSA) is 12.4 Å². The number of nitrogens with zero attached hydrogens (tertiary/aromatic N) is 1. The number of allylic oxidation sites excluding steroid dienone is 2. The predicted molar refractivity (Wildman–Crippen MR) is 56.9 cm³/mol. The fourth-order valence-corrected chi connectivity index (χ4v) is 0.906. The van der Waals surface area contributed by atoms with Crippen molar-refractivity contribution in [3.8, 4) is 0 Å². The third-order valence-corrected chi connectivity index (χ3v) is 1.65. The summed E-state index contributed by atoms with van der Waals surface area (Å²) in [6.45, 7) is 7.39. The molecular weight excluding hydrogens is 146 g/mol. The van der Waals surface area contributed by atoms with Crippen molar-refractivity contribution in [2.45, 2.75) is 46.5 Å². The van der Waals surface area contributed by atoms with Gasteiger partial charge in [0.1, 0.15) is 0 Å². The minimum absolute atomic E-state index is 0.990. The number of hydrogen-bond donors (Lipinski definition) is 0. The lowest BCUT2D eigenvalue weighted by atomic mass is 10.2. The van der Waals surface area contributed by atoms with Gasteiger partial charge in [0.05, 0.1) is 0 Å². The van der Waals surface area contributed by atoms with Gasteiger partial charge in [0.15, 0.2) is 0 Å². The van der Waals surface area contributed by atoms with E-state index < -0.39 is 0 Å². The van der Waals surface area contributed by atoms with Crippen molar-refractivity contribution in [3.63, 3.8) is 0 Å². The van der Waals surface area contributed by atoms with Crippen LogP contribution in [0.25, 0.3) is 0 Å². The van der Waals surface area contributed by atoms with Crippen LogP contribution in [0.1, 0.15) is 46.5 Å². The second kappa shape index (κ2) is 8.51. The Morgan fingerprint density at radius 2 is 1.92 bits per heavy atom. The van der Waals surface area contributed by atoms with Crippen LogP contribution in [0.4, 0.5) is 0 Å². The molecule has 1 nitrogen and oxygen atoms in total. The second-order valence-corrected chi connectivity index (χ2v) is 3.36. The zero-order valence-electron chi connectivity index (χ0n) is 8.64. The quantitative estimate of drug-likeness (QED) is 0.423. The molecule has 0 aromatic heterocycles. The molecule has 12 heavy (non-hydrogen) atoms. The molecule has 0 rings (SSSR count). The van der Waals surface area contributed by atoms with Crippen LogP contribution in [0.2, 0.25) is 0 Å². The van der Waals surface area contributed by atoms with Gasteiger partial charge in [0.25, 0.3) is 0 Å². The first-order valence-corrected chi connectivity index (χ1v) is 4.90. The average molecular weight is 167 g/mol. The minimum Gasteiger partial charge on any atom is -0.293 e. The van der Waals surface area contributed by atoms with Crippen molar-refractivity contribution in [1.29, 1.82) is 0 Å². The van der Waals surface area contributed by atoms with E-state index in [1.54, 1.807) is 0 Å². The molecule has 0 saturated heterocycles. The lowest BCUT2D eigenvalue weighted by Crippen LogP contribution is -1.82. The largest absolute Gasteiger partial charge is 0.293 e. The molecule has 0 radical (unpaired) electrons. The van der Waals surface area contributed by atoms with Gasteiger partial charge in [0, 0.05) is 12.8 Å². The third-order valence-electron chi connectivity index (χ3n) is 1.65. The predicted octanol–water partition coefficient (Wildman–Crippen LogP) is 3.60. The first kappa shape index (κ1) is 11.4. The maximum atomic E-state index is 4.28. The molecule has 0 spiro atoms. The van der Waals surface area contributed by atoms with Gasteiger partial charge in [-0.15, -0.1) is 0 Å². The van der Waals surface area contributed by atoms with E-state index >= 15 is 0 Å². The molecule has 0 amide bonds. The Morgan fingerprint density at radius 1 is 1.17 bits per heavy atom. The summed E-state index contributed by atoms with van der Waals surface area (Å²) in [6.07, 6.45) is 9.18. The van der Waals surface area contributed by atoms with Gasteiger partial charge in [-0.1, -0.05) is 31.8 Å². The highest BCUT2D eigenvalue weighted by molar-refractivity contribution is 5.71. The standard InChI is InChI=1S/C11H21N/c1-4-5-6-7-9-12-10-8-11(2)3/h8,10H,4-7,9H2,1-3H3. The summed E-state index contributed by atoms with van der Waals surface area (Å²) < 4.78 is 0. The van der Waals surface area contributed by atoms with Crippen LogP contribution in [-0.4, -0.2) is 12.8 Å². The van der Waals surface area contributed by atoms with Gasteiger partial charge in [-0.3, -0.25) is 4.99 Å². The molecule has 0 aliphatic rings. The zero-order chi connectivity index (χ0) is 9.23. The first-order chi connectivity index (χ1) is 5.77. The van der Waals surface area contributed by atoms with Crippen molar-refractivity contribution in [3.05, 3.63) is 11.6 Å². The zero-order valence-corrected chi connectivity index (χ0v) is 8.64. The molecular formula is C11H21N. The lowest BCUT2D eigenvalue weighted by Gasteiger charge is -1.93. The Hall–Kier alpha value is -0.590. The maximum Gasteiger partial charge on any atom is 0.0389 e. The summed E-state index contributed by atoms with van der Waals surface area (Å²) in [4.78, 5) is 4.28. The molecule has 1 heteroatoms. The number of hydrogen-bond acceptors (Lipinski definition) is 1. The van der Waals surface area contributed by atoms with Gasteiger partial charge in [-0.05, 0) is 26.3 Å². The van der Waals surface area contributed by atoms with Crippen LogP contribution in [0.3, 0.4) is 0 Å². The molecule has 0 aliphatic carbocycles. The summed E-state index contributed by atoms with van der Waals surface area (Å²) in [7, 11) is 0. The second-order valence-electron chi connectivity index (χ2n) is 3.36. The molecule has 0 aromatic carbocycles. The summed E-state index contributed by atoms with van der Waals surface area (Å²) in [6, 6.07) is 0. The Morgan fingerprint density at radius 3 is 2.50 bits per heavy atom. The van der Waals surface area contributed by atoms with Gasteiger partial charge < -0.3 is 0 Å². The van der Waals surface area contributed by atoms with Gasteiger partial charge in [-0.2, -0.15) is 0 Å². The van der Waals surface area contributed by atoms with E-state index in [9.17, 15) is 0 Å². The van der Waals surface area contributed by atoms with E-state index in [4.69, 9.17) is 0 Å². The number of unbranched alkanes of at least 4 members (excludes halogenated alkanes) is 3. The van der Waals surface area contributed by atoms with E-state index in [1.165, 1.54) is 31.3 Å². The summed E-state index contributed by atoms with van der Waals surface area (Å²) in [5.74, 6) is 0. The lowest BCUT2D eigenvalue weighted by molar-refractivity contribution is 0.676. The highest BCUT2D eigenvalue weighted by Gasteiger charge is 1.83. The van der Waals surface area contributed by atoms with Gasteiger partial charge >= 0.3 is 0 Å². The summed E-state index contributed by atoms with van der Waals surface area (Å²) >= 11 is 0. The molecule has 0 fully saturated rings. The number of rotatable bonds is 6. The average Bonchev–Trinajstić information content (AvgIpc) is 2.02. The molecule has 0 heterocycles. The van der Waals surface area contributed by atoms with E-state index in [2.05, 4.69) is 31.8 Å². The van der Waals surface area contributed by atoms with Crippen LogP contribution >= 0.6 is 0 Å². The van der Waals surface area contributed by atoms with E-state index in [-0.39, 0.29) is 0 Å². The van der Waals surface area contributed by atoms with Crippen molar-refractivity contribution in [2.24, 2.45) is 4.99 Å². The minimum atomic E-state index is 0.990. The molecule has 0 bridgehead atoms. The Kier molecular flexibility index (Phi) is 8.09. The van der Waals surface area contributed by atoms with Crippen molar-refractivity contribution >= 4 is 6.21 Å². The summed E-state index contributed by atoms with van der Waals surface area (Å²) in [5, 5.41) is 0. The Balaban J connectivity index is 3.19. The Labute approximate surface area is 76.6 Å². The highest BCUT2D eigenvalue weighted by Crippen LogP contribution is 1.98. The van der Waals surface area contributed by atoms with E-state index in [0.717, 1.165) is 6.54 Å². The fourth-order valence-electron chi connectivity index (χ4n) is 0.906. The molecule has 0 N–H and O–H groups in total. The van der Waals surface area contributed by atoms with Crippen LogP contribution < -0.4 is 0 Å². The molecule has 0 aromatic rings. The van der Waals surface area contributed by atoms with Crippen molar-refractivity contribution < 1.29 is 0 Å². The fraction of sp³-hybridized carbons (Fsp3) is 0.727. The molecule has 0 aliphatic heterocycles. The highest BCUT2D eigenvalue weighted by atomic mass is 14.7. The Bertz CT molecular complexity index is 141. The number of aliphatic imine (C=N–C) groups is 1. The molecule has 0 unspecified atom stereocenters. The first-order valence-electron chi connectivity index (χ1n) is 4.90. The van der Waals surface area contributed by atoms with Crippen LogP contribution in [0.5, 0.6) is 0 Å². The third kappa shape index (κ3) is 9.41. The van der Waals surface area contributed by atoms with Crippen LogP contribution in [-0.2, 0) is 0 Å². The molecule has 70 valence electrons. The maximum absolute atomic E-state index is 4.28. The van der Waals surface area contributed by atoms with Crippen molar-refractivity contribution in [2.75, 3.05) is 6.54 Å². The smallest absolute Gasteiger partial charge is 0.0389 e. The SMILES string of the molecule is CCCCCCN=CC=C(C)C. The molecule has 0 atom stereocenters. The van der Waals surface area contributed by atoms with E-state index in [1.807, 2.05) is 6.21 Å². The van der Waals surface area contributed by atoms with Gasteiger partial charge in [0.2, 0.25) is 0 Å². The monoisotopic (exact) mass is 167 g/mol. The normalized spacial score (nSPS) is 10.6. The van der Waals surface area contributed by atoms with Crippen LogP contribution in [0.15, 0.2) is 16.6 Å². The van der Waals surface area contributed by atoms with E-state index in [0.29, 0.717) is 0 Å².